The standard InChI is InChI=1S/C19H23N7O/c1-14-23-17(13-18(24-14)26-11-5-8-22-26)20-9-10-21-19(27)15-6-4-7-16(12-15)25(2)3/h4-8,11-13H,9-10H2,1-3H3,(H,21,27)(H,20,23,24). The zero-order valence-electron chi connectivity index (χ0n) is 15.7. The minimum atomic E-state index is -0.100. The van der Waals surface area contributed by atoms with Crippen LogP contribution in [0, 0.1) is 6.92 Å². The van der Waals surface area contributed by atoms with Crippen molar-refractivity contribution in [2.24, 2.45) is 0 Å². The van der Waals surface area contributed by atoms with Gasteiger partial charge in [0.2, 0.25) is 0 Å². The minimum absolute atomic E-state index is 0.100. The first-order valence-corrected chi connectivity index (χ1v) is 8.68. The smallest absolute Gasteiger partial charge is 0.251 e. The Hall–Kier alpha value is -3.42. The highest BCUT2D eigenvalue weighted by Crippen LogP contribution is 2.13. The van der Waals surface area contributed by atoms with Crippen LogP contribution < -0.4 is 15.5 Å². The number of hydrogen-bond acceptors (Lipinski definition) is 6. The van der Waals surface area contributed by atoms with Crippen LogP contribution in [0.5, 0.6) is 0 Å². The van der Waals surface area contributed by atoms with Crippen molar-refractivity contribution in [3.05, 3.63) is 60.2 Å². The minimum Gasteiger partial charge on any atom is -0.378 e. The van der Waals surface area contributed by atoms with E-state index in [-0.39, 0.29) is 5.91 Å². The van der Waals surface area contributed by atoms with E-state index in [2.05, 4.69) is 25.7 Å². The molecule has 0 aliphatic rings. The number of aromatic nitrogens is 4. The predicted octanol–water partition coefficient (Wildman–Crippen LogP) is 1.88. The van der Waals surface area contributed by atoms with Crippen LogP contribution in [-0.4, -0.2) is 52.8 Å². The number of carbonyl (C=O) groups is 1. The molecule has 0 atom stereocenters. The number of aryl methyl sites for hydroxylation is 1. The average Bonchev–Trinajstić information content (AvgIpc) is 3.19. The second kappa shape index (κ2) is 8.31. The highest BCUT2D eigenvalue weighted by atomic mass is 16.1. The Morgan fingerprint density at radius 3 is 2.74 bits per heavy atom. The Morgan fingerprint density at radius 2 is 2.00 bits per heavy atom. The van der Waals surface area contributed by atoms with Gasteiger partial charge in [-0.3, -0.25) is 4.79 Å². The molecule has 2 aromatic heterocycles. The number of anilines is 2. The lowest BCUT2D eigenvalue weighted by Gasteiger charge is -2.13. The van der Waals surface area contributed by atoms with E-state index in [4.69, 9.17) is 0 Å². The summed E-state index contributed by atoms with van der Waals surface area (Å²) in [6, 6.07) is 11.2. The van der Waals surface area contributed by atoms with Crippen molar-refractivity contribution in [2.75, 3.05) is 37.4 Å². The van der Waals surface area contributed by atoms with Crippen LogP contribution in [0.4, 0.5) is 11.5 Å². The van der Waals surface area contributed by atoms with Crippen molar-refractivity contribution in [1.29, 1.82) is 0 Å². The summed E-state index contributed by atoms with van der Waals surface area (Å²) in [6.07, 6.45) is 3.53. The van der Waals surface area contributed by atoms with Crippen molar-refractivity contribution >= 4 is 17.4 Å². The predicted molar refractivity (Wildman–Crippen MR) is 105 cm³/mol. The topological polar surface area (TPSA) is 88.0 Å². The van der Waals surface area contributed by atoms with Crippen LogP contribution >= 0.6 is 0 Å². The molecule has 0 unspecified atom stereocenters. The zero-order valence-corrected chi connectivity index (χ0v) is 15.7. The molecule has 0 fully saturated rings. The molecule has 3 rings (SSSR count). The number of nitrogens with one attached hydrogen (secondary N) is 2. The maximum Gasteiger partial charge on any atom is 0.251 e. The normalized spacial score (nSPS) is 10.5. The van der Waals surface area contributed by atoms with Crippen LogP contribution in [-0.2, 0) is 0 Å². The summed E-state index contributed by atoms with van der Waals surface area (Å²) in [7, 11) is 3.89. The lowest BCUT2D eigenvalue weighted by atomic mass is 10.2. The van der Waals surface area contributed by atoms with E-state index in [1.54, 1.807) is 16.9 Å². The Labute approximate surface area is 158 Å². The van der Waals surface area contributed by atoms with Gasteiger partial charge >= 0.3 is 0 Å². The van der Waals surface area contributed by atoms with Gasteiger partial charge in [0.05, 0.1) is 0 Å². The molecule has 0 saturated heterocycles. The Bertz CT molecular complexity index is 906. The third-order valence-electron chi connectivity index (χ3n) is 3.90. The first-order valence-electron chi connectivity index (χ1n) is 8.68. The van der Waals surface area contributed by atoms with Gasteiger partial charge in [-0.05, 0) is 31.2 Å². The SMILES string of the molecule is Cc1nc(NCCNC(=O)c2cccc(N(C)C)c2)cc(-n2cccn2)n1. The summed E-state index contributed by atoms with van der Waals surface area (Å²) in [5.41, 5.74) is 1.63. The molecule has 8 heteroatoms. The molecular formula is C19H23N7O. The number of hydrogen-bond donors (Lipinski definition) is 2. The Balaban J connectivity index is 1.54. The van der Waals surface area contributed by atoms with Gasteiger partial charge < -0.3 is 15.5 Å². The van der Waals surface area contributed by atoms with Crippen LogP contribution in [0.3, 0.4) is 0 Å². The molecule has 2 N–H and O–H groups in total. The van der Waals surface area contributed by atoms with Crippen molar-refractivity contribution in [2.45, 2.75) is 6.92 Å². The van der Waals surface area contributed by atoms with E-state index in [9.17, 15) is 4.79 Å². The summed E-state index contributed by atoms with van der Waals surface area (Å²) in [5.74, 6) is 1.93. The molecule has 0 bridgehead atoms. The average molecular weight is 365 g/mol. The molecule has 0 aliphatic heterocycles. The van der Waals surface area contributed by atoms with Gasteiger partial charge in [0, 0.05) is 56.9 Å². The van der Waals surface area contributed by atoms with Crippen molar-refractivity contribution in [1.82, 2.24) is 25.1 Å². The molecule has 27 heavy (non-hydrogen) atoms. The van der Waals surface area contributed by atoms with Crippen molar-refractivity contribution in [3.63, 3.8) is 0 Å². The second-order valence-electron chi connectivity index (χ2n) is 6.24. The summed E-state index contributed by atoms with van der Waals surface area (Å²) >= 11 is 0. The molecule has 0 spiro atoms. The first kappa shape index (κ1) is 18.4. The van der Waals surface area contributed by atoms with E-state index in [1.165, 1.54) is 0 Å². The second-order valence-corrected chi connectivity index (χ2v) is 6.24. The van der Waals surface area contributed by atoms with Crippen molar-refractivity contribution < 1.29 is 4.79 Å². The van der Waals surface area contributed by atoms with E-state index >= 15 is 0 Å². The summed E-state index contributed by atoms with van der Waals surface area (Å²) in [5, 5.41) is 10.3. The third kappa shape index (κ3) is 4.81. The molecule has 0 radical (unpaired) electrons. The highest BCUT2D eigenvalue weighted by Gasteiger charge is 2.07. The quantitative estimate of drug-likeness (QED) is 0.622. The molecule has 1 aromatic carbocycles. The molecule has 2 heterocycles. The van der Waals surface area contributed by atoms with Gasteiger partial charge in [-0.2, -0.15) is 5.10 Å². The Morgan fingerprint density at radius 1 is 1.15 bits per heavy atom. The van der Waals surface area contributed by atoms with E-state index in [0.29, 0.717) is 36.1 Å². The van der Waals surface area contributed by atoms with E-state index in [1.807, 2.05) is 62.4 Å². The van der Waals surface area contributed by atoms with Gasteiger partial charge in [-0.1, -0.05) is 6.07 Å². The van der Waals surface area contributed by atoms with Crippen LogP contribution in [0.15, 0.2) is 48.8 Å². The zero-order chi connectivity index (χ0) is 19.2. The van der Waals surface area contributed by atoms with Crippen LogP contribution in [0.2, 0.25) is 0 Å². The molecule has 8 nitrogen and oxygen atoms in total. The third-order valence-corrected chi connectivity index (χ3v) is 3.90. The molecule has 0 saturated carbocycles. The number of amides is 1. The number of benzene rings is 1. The fourth-order valence-corrected chi connectivity index (χ4v) is 2.56. The molecule has 0 aliphatic carbocycles. The maximum absolute atomic E-state index is 12.3. The van der Waals surface area contributed by atoms with Gasteiger partial charge in [0.25, 0.3) is 5.91 Å². The molecule has 1 amide bonds. The fraction of sp³-hybridized carbons (Fsp3) is 0.263. The van der Waals surface area contributed by atoms with E-state index in [0.717, 1.165) is 5.69 Å². The van der Waals surface area contributed by atoms with Gasteiger partial charge in [-0.15, -0.1) is 0 Å². The molecule has 3 aromatic rings. The summed E-state index contributed by atoms with van der Waals surface area (Å²) < 4.78 is 1.68. The first-order chi connectivity index (χ1) is 13.0. The molecular weight excluding hydrogens is 342 g/mol. The fourth-order valence-electron chi connectivity index (χ4n) is 2.56. The molecule has 140 valence electrons. The van der Waals surface area contributed by atoms with Crippen LogP contribution in [0.25, 0.3) is 5.82 Å². The number of rotatable bonds is 7. The lowest BCUT2D eigenvalue weighted by Crippen LogP contribution is -2.29. The summed E-state index contributed by atoms with van der Waals surface area (Å²) in [4.78, 5) is 23.0. The van der Waals surface area contributed by atoms with Crippen LogP contribution in [0.1, 0.15) is 16.2 Å². The van der Waals surface area contributed by atoms with Gasteiger partial charge in [-0.25, -0.2) is 14.6 Å². The lowest BCUT2D eigenvalue weighted by molar-refractivity contribution is 0.0955. The van der Waals surface area contributed by atoms with E-state index < -0.39 is 0 Å². The number of carbonyl (C=O) groups excluding carboxylic acids is 1. The summed E-state index contributed by atoms with van der Waals surface area (Å²) in [6.45, 7) is 2.86. The number of nitrogens with zero attached hydrogens (tertiary/aromatic N) is 5. The Kier molecular flexibility index (Phi) is 5.65. The highest BCUT2D eigenvalue weighted by molar-refractivity contribution is 5.95. The maximum atomic E-state index is 12.3. The monoisotopic (exact) mass is 365 g/mol. The van der Waals surface area contributed by atoms with Gasteiger partial charge in [0.1, 0.15) is 11.6 Å². The van der Waals surface area contributed by atoms with Crippen molar-refractivity contribution in [3.8, 4) is 5.82 Å². The largest absolute Gasteiger partial charge is 0.378 e. The van der Waals surface area contributed by atoms with Gasteiger partial charge in [0.15, 0.2) is 5.82 Å².